The third-order valence-electron chi connectivity index (χ3n) is 6.57. The van der Waals surface area contributed by atoms with Crippen molar-refractivity contribution in [3.05, 3.63) is 54.1 Å². The fourth-order valence-electron chi connectivity index (χ4n) is 4.28. The molecule has 0 aliphatic carbocycles. The first-order chi connectivity index (χ1) is 17.7. The Balaban J connectivity index is 1.26. The molecule has 3 rings (SSSR count). The van der Waals surface area contributed by atoms with E-state index in [9.17, 15) is 4.79 Å². The van der Waals surface area contributed by atoms with Gasteiger partial charge >= 0.3 is 5.97 Å². The van der Waals surface area contributed by atoms with Crippen molar-refractivity contribution in [2.75, 3.05) is 13.2 Å². The second kappa shape index (κ2) is 16.3. The summed E-state index contributed by atoms with van der Waals surface area (Å²) >= 11 is 0. The Morgan fingerprint density at radius 3 is 1.86 bits per heavy atom. The Kier molecular flexibility index (Phi) is 12.7. The predicted octanol–water partition coefficient (Wildman–Crippen LogP) is 8.15. The fraction of sp³-hybridized carbons (Fsp3) is 0.581. The molecule has 1 heterocycles. The van der Waals surface area contributed by atoms with E-state index < -0.39 is 5.97 Å². The predicted molar refractivity (Wildman–Crippen MR) is 144 cm³/mol. The number of hydrogen-bond acceptors (Lipinski definition) is 5. The highest BCUT2D eigenvalue weighted by Crippen LogP contribution is 2.28. The Labute approximate surface area is 217 Å². The van der Waals surface area contributed by atoms with Gasteiger partial charge in [0.2, 0.25) is 0 Å². The standard InChI is InChI=1S/C31H44O5/c1-3-5-6-7-8-9-10-11-12-13-23-33-26-17-15-25(16-18-26)31(32)35-28-21-19-27(20-22-28)34-24-30-29(36-30)14-4-2/h15-22,29-30H,3-14,23-24H2,1-2H3/t29-,30-/m0/s1. The quantitative estimate of drug-likeness (QED) is 0.0850. The van der Waals surface area contributed by atoms with Gasteiger partial charge in [0.15, 0.2) is 0 Å². The summed E-state index contributed by atoms with van der Waals surface area (Å²) in [7, 11) is 0. The molecule has 2 aromatic carbocycles. The van der Waals surface area contributed by atoms with Crippen LogP contribution in [0.3, 0.4) is 0 Å². The first-order valence-electron chi connectivity index (χ1n) is 14.0. The van der Waals surface area contributed by atoms with Crippen LogP contribution in [-0.2, 0) is 4.74 Å². The second-order valence-electron chi connectivity index (χ2n) is 9.73. The van der Waals surface area contributed by atoms with Crippen LogP contribution in [0, 0.1) is 0 Å². The maximum absolute atomic E-state index is 12.5. The van der Waals surface area contributed by atoms with Gasteiger partial charge in [0.05, 0.1) is 18.3 Å². The van der Waals surface area contributed by atoms with Gasteiger partial charge in [0.1, 0.15) is 30.0 Å². The van der Waals surface area contributed by atoms with Crippen LogP contribution in [0.5, 0.6) is 17.2 Å². The van der Waals surface area contributed by atoms with Crippen LogP contribution in [0.1, 0.15) is 101 Å². The zero-order chi connectivity index (χ0) is 25.4. The molecule has 0 radical (unpaired) electrons. The third-order valence-corrected chi connectivity index (χ3v) is 6.57. The van der Waals surface area contributed by atoms with Crippen LogP contribution < -0.4 is 14.2 Å². The number of epoxide rings is 1. The van der Waals surface area contributed by atoms with Gasteiger partial charge < -0.3 is 18.9 Å². The van der Waals surface area contributed by atoms with Crippen LogP contribution in [0.2, 0.25) is 0 Å². The molecular formula is C31H44O5. The van der Waals surface area contributed by atoms with E-state index in [2.05, 4.69) is 13.8 Å². The van der Waals surface area contributed by atoms with Gasteiger partial charge in [-0.25, -0.2) is 4.79 Å². The molecule has 1 saturated heterocycles. The van der Waals surface area contributed by atoms with Crippen LogP contribution in [0.15, 0.2) is 48.5 Å². The van der Waals surface area contributed by atoms with Crippen molar-refractivity contribution in [1.29, 1.82) is 0 Å². The van der Waals surface area contributed by atoms with Gasteiger partial charge in [-0.1, -0.05) is 78.1 Å². The van der Waals surface area contributed by atoms with Gasteiger partial charge in [-0.2, -0.15) is 0 Å². The monoisotopic (exact) mass is 496 g/mol. The lowest BCUT2D eigenvalue weighted by molar-refractivity contribution is 0.0734. The zero-order valence-electron chi connectivity index (χ0n) is 22.2. The number of unbranched alkanes of at least 4 members (excludes halogenated alkanes) is 9. The number of hydrogen-bond donors (Lipinski definition) is 0. The molecule has 0 aromatic heterocycles. The molecule has 1 aliphatic heterocycles. The Hall–Kier alpha value is -2.53. The molecular weight excluding hydrogens is 452 g/mol. The molecule has 5 nitrogen and oxygen atoms in total. The molecule has 1 aliphatic rings. The lowest BCUT2D eigenvalue weighted by Gasteiger charge is -2.09. The Morgan fingerprint density at radius 2 is 1.22 bits per heavy atom. The van der Waals surface area contributed by atoms with E-state index in [0.29, 0.717) is 30.6 Å². The number of esters is 1. The van der Waals surface area contributed by atoms with E-state index in [4.69, 9.17) is 18.9 Å². The molecule has 0 amide bonds. The molecule has 5 heteroatoms. The van der Waals surface area contributed by atoms with Crippen molar-refractivity contribution in [3.63, 3.8) is 0 Å². The highest BCUT2D eigenvalue weighted by molar-refractivity contribution is 5.91. The van der Waals surface area contributed by atoms with Crippen molar-refractivity contribution in [2.45, 2.75) is 103 Å². The van der Waals surface area contributed by atoms with Crippen molar-refractivity contribution in [3.8, 4) is 17.2 Å². The minimum Gasteiger partial charge on any atom is -0.494 e. The molecule has 1 fully saturated rings. The minimum absolute atomic E-state index is 0.198. The van der Waals surface area contributed by atoms with E-state index >= 15 is 0 Å². The Morgan fingerprint density at radius 1 is 0.667 bits per heavy atom. The number of ether oxygens (including phenoxy) is 4. The molecule has 2 aromatic rings. The zero-order valence-corrected chi connectivity index (χ0v) is 22.2. The maximum atomic E-state index is 12.5. The highest BCUT2D eigenvalue weighted by atomic mass is 16.6. The van der Waals surface area contributed by atoms with E-state index in [1.807, 2.05) is 24.3 Å². The average Bonchev–Trinajstić information content (AvgIpc) is 3.65. The van der Waals surface area contributed by atoms with E-state index in [1.165, 1.54) is 57.8 Å². The van der Waals surface area contributed by atoms with E-state index in [1.54, 1.807) is 24.3 Å². The highest BCUT2D eigenvalue weighted by Gasteiger charge is 2.38. The summed E-state index contributed by atoms with van der Waals surface area (Å²) in [5, 5.41) is 0. The largest absolute Gasteiger partial charge is 0.494 e. The van der Waals surface area contributed by atoms with E-state index in [-0.39, 0.29) is 6.10 Å². The van der Waals surface area contributed by atoms with Gasteiger partial charge in [0.25, 0.3) is 0 Å². The minimum atomic E-state index is -0.390. The molecule has 0 bridgehead atoms. The molecule has 36 heavy (non-hydrogen) atoms. The summed E-state index contributed by atoms with van der Waals surface area (Å²) in [6.45, 7) is 5.68. The van der Waals surface area contributed by atoms with Crippen LogP contribution >= 0.6 is 0 Å². The number of carbonyl (C=O) groups excluding carboxylic acids is 1. The van der Waals surface area contributed by atoms with Gasteiger partial charge in [-0.15, -0.1) is 0 Å². The van der Waals surface area contributed by atoms with Crippen molar-refractivity contribution >= 4 is 5.97 Å². The molecule has 198 valence electrons. The fourth-order valence-corrected chi connectivity index (χ4v) is 4.28. The van der Waals surface area contributed by atoms with Crippen LogP contribution in [0.4, 0.5) is 0 Å². The average molecular weight is 497 g/mol. The first-order valence-corrected chi connectivity index (χ1v) is 14.0. The normalized spacial score (nSPS) is 16.5. The number of carbonyl (C=O) groups is 1. The lowest BCUT2D eigenvalue weighted by Crippen LogP contribution is -2.09. The summed E-state index contributed by atoms with van der Waals surface area (Å²) in [4.78, 5) is 12.5. The molecule has 0 unspecified atom stereocenters. The maximum Gasteiger partial charge on any atom is 0.343 e. The summed E-state index contributed by atoms with van der Waals surface area (Å²) in [6.07, 6.45) is 15.8. The number of benzene rings is 2. The summed E-state index contributed by atoms with van der Waals surface area (Å²) in [5.41, 5.74) is 0.495. The SMILES string of the molecule is CCCCCCCCCCCCOc1ccc(C(=O)Oc2ccc(OC[C@@H]3O[C@H]3CCC)cc2)cc1. The third kappa shape index (κ3) is 10.6. The van der Waals surface area contributed by atoms with Crippen molar-refractivity contribution in [1.82, 2.24) is 0 Å². The molecule has 0 N–H and O–H groups in total. The summed E-state index contributed by atoms with van der Waals surface area (Å²) in [6, 6.07) is 14.3. The number of rotatable bonds is 19. The van der Waals surface area contributed by atoms with Crippen molar-refractivity contribution < 1.29 is 23.7 Å². The second-order valence-corrected chi connectivity index (χ2v) is 9.73. The van der Waals surface area contributed by atoms with Crippen molar-refractivity contribution in [2.24, 2.45) is 0 Å². The van der Waals surface area contributed by atoms with Gasteiger partial charge in [-0.3, -0.25) is 0 Å². The van der Waals surface area contributed by atoms with Gasteiger partial charge in [-0.05, 0) is 61.4 Å². The smallest absolute Gasteiger partial charge is 0.343 e. The molecule has 0 spiro atoms. The molecule has 2 atom stereocenters. The van der Waals surface area contributed by atoms with Crippen LogP contribution in [0.25, 0.3) is 0 Å². The Bertz CT molecular complexity index is 862. The van der Waals surface area contributed by atoms with Crippen LogP contribution in [-0.4, -0.2) is 31.4 Å². The lowest BCUT2D eigenvalue weighted by atomic mass is 10.1. The van der Waals surface area contributed by atoms with Gasteiger partial charge in [0, 0.05) is 0 Å². The topological polar surface area (TPSA) is 57.3 Å². The molecule has 0 saturated carbocycles. The van der Waals surface area contributed by atoms with E-state index in [0.717, 1.165) is 30.8 Å². The summed E-state index contributed by atoms with van der Waals surface area (Å²) in [5.74, 6) is 1.62. The first kappa shape index (κ1) is 28.0. The summed E-state index contributed by atoms with van der Waals surface area (Å²) < 4.78 is 22.7.